The minimum atomic E-state index is -0.901. The van der Waals surface area contributed by atoms with Gasteiger partial charge in [0.25, 0.3) is 5.91 Å². The third-order valence-corrected chi connectivity index (χ3v) is 10.5. The number of aromatic nitrogens is 2. The highest BCUT2D eigenvalue weighted by Gasteiger charge is 2.37. The maximum Gasteiger partial charge on any atom is 0.270 e. The van der Waals surface area contributed by atoms with Gasteiger partial charge in [0.1, 0.15) is 23.7 Å². The summed E-state index contributed by atoms with van der Waals surface area (Å²) >= 11 is 0. The number of hydrogen-bond acceptors (Lipinski definition) is 7. The summed E-state index contributed by atoms with van der Waals surface area (Å²) in [5.41, 5.74) is 1.15. The summed E-state index contributed by atoms with van der Waals surface area (Å²) < 4.78 is 23.0. The summed E-state index contributed by atoms with van der Waals surface area (Å²) in [6, 6.07) is 4.67. The van der Waals surface area contributed by atoms with Gasteiger partial charge in [-0.3, -0.25) is 23.9 Å². The first-order valence-corrected chi connectivity index (χ1v) is 17.6. The molecule has 11 nitrogen and oxygen atoms in total. The van der Waals surface area contributed by atoms with Crippen LogP contribution in [0.2, 0.25) is 0 Å². The topological polar surface area (TPSA) is 126 Å². The van der Waals surface area contributed by atoms with Gasteiger partial charge in [-0.25, -0.2) is 4.39 Å². The smallest absolute Gasteiger partial charge is 0.270 e. The quantitative estimate of drug-likeness (QED) is 0.356. The first-order valence-electron chi connectivity index (χ1n) is 17.6. The Balaban J connectivity index is 1.33. The standard InChI is InChI=1S/C36H51FN6O5/c1-5-43-29(14-15-38-43)34(45)40-33(25-10-8-23(2)9-11-25)30(44)22-27-13-12-26(21-28(27)37)24(3)32(39-35(46)31-7-6-20-48-31)36(47)42-18-16-41(4)17-19-42/h12-15,21,23-25,31-33H,5-11,16-20,22H2,1-4H3,(H,39,46)(H,40,45)/t23?,24-,25?,31-,32+,33-/m0/s1. The molecule has 0 spiro atoms. The summed E-state index contributed by atoms with van der Waals surface area (Å²) in [4.78, 5) is 58.0. The first kappa shape index (κ1) is 35.7. The van der Waals surface area contributed by atoms with Gasteiger partial charge in [-0.2, -0.15) is 5.10 Å². The van der Waals surface area contributed by atoms with Gasteiger partial charge in [-0.05, 0) is 74.8 Å². The lowest BCUT2D eigenvalue weighted by Gasteiger charge is -2.36. The molecule has 3 heterocycles. The fourth-order valence-corrected chi connectivity index (χ4v) is 7.21. The maximum absolute atomic E-state index is 15.8. The Morgan fingerprint density at radius 3 is 2.40 bits per heavy atom. The number of carbonyl (C=O) groups excluding carboxylic acids is 4. The minimum Gasteiger partial charge on any atom is -0.368 e. The third kappa shape index (κ3) is 8.49. The van der Waals surface area contributed by atoms with E-state index in [-0.39, 0.29) is 41.4 Å². The highest BCUT2D eigenvalue weighted by atomic mass is 19.1. The van der Waals surface area contributed by atoms with Gasteiger partial charge in [0.05, 0.1) is 6.04 Å². The van der Waals surface area contributed by atoms with Crippen molar-refractivity contribution >= 4 is 23.5 Å². The molecule has 262 valence electrons. The summed E-state index contributed by atoms with van der Waals surface area (Å²) in [6.45, 7) is 9.47. The Labute approximate surface area is 282 Å². The molecule has 4 atom stereocenters. The Morgan fingerprint density at radius 1 is 1.02 bits per heavy atom. The lowest BCUT2D eigenvalue weighted by Crippen LogP contribution is -2.56. The Bertz CT molecular complexity index is 1440. The van der Waals surface area contributed by atoms with Crippen molar-refractivity contribution in [2.24, 2.45) is 11.8 Å². The highest BCUT2D eigenvalue weighted by molar-refractivity contribution is 5.97. The van der Waals surface area contributed by atoms with E-state index in [4.69, 9.17) is 4.74 Å². The van der Waals surface area contributed by atoms with Crippen molar-refractivity contribution in [1.82, 2.24) is 30.2 Å². The second-order valence-corrected chi connectivity index (χ2v) is 13.9. The van der Waals surface area contributed by atoms with E-state index in [0.717, 1.165) is 45.2 Å². The van der Waals surface area contributed by atoms with Crippen LogP contribution < -0.4 is 10.6 Å². The molecule has 0 unspecified atom stereocenters. The van der Waals surface area contributed by atoms with Crippen molar-refractivity contribution in [1.29, 1.82) is 0 Å². The minimum absolute atomic E-state index is 0.0354. The monoisotopic (exact) mass is 666 g/mol. The van der Waals surface area contributed by atoms with Crippen molar-refractivity contribution in [3.63, 3.8) is 0 Å². The number of hydrogen-bond donors (Lipinski definition) is 2. The number of amides is 3. The van der Waals surface area contributed by atoms with Crippen molar-refractivity contribution in [2.45, 2.75) is 96.4 Å². The normalized spacial score (nSPS) is 23.7. The molecule has 3 amide bonds. The molecule has 0 bridgehead atoms. The summed E-state index contributed by atoms with van der Waals surface area (Å²) in [6.07, 6.45) is 5.71. The van der Waals surface area contributed by atoms with Gasteiger partial charge in [-0.15, -0.1) is 0 Å². The Hall–Kier alpha value is -3.64. The molecule has 3 fully saturated rings. The van der Waals surface area contributed by atoms with Gasteiger partial charge >= 0.3 is 0 Å². The molecule has 2 saturated heterocycles. The van der Waals surface area contributed by atoms with Crippen LogP contribution in [-0.4, -0.2) is 101 Å². The Morgan fingerprint density at radius 2 is 1.75 bits per heavy atom. The predicted molar refractivity (Wildman–Crippen MR) is 179 cm³/mol. The van der Waals surface area contributed by atoms with E-state index in [2.05, 4.69) is 27.6 Å². The molecule has 0 radical (unpaired) electrons. The van der Waals surface area contributed by atoms with Crippen LogP contribution in [0, 0.1) is 17.7 Å². The van der Waals surface area contributed by atoms with Crippen molar-refractivity contribution in [3.05, 3.63) is 53.1 Å². The van der Waals surface area contributed by atoms with E-state index >= 15 is 4.39 Å². The van der Waals surface area contributed by atoms with Crippen molar-refractivity contribution < 1.29 is 28.3 Å². The molecule has 1 aromatic heterocycles. The molecule has 12 heteroatoms. The molecule has 2 aliphatic heterocycles. The number of rotatable bonds is 12. The van der Waals surface area contributed by atoms with Crippen molar-refractivity contribution in [3.8, 4) is 0 Å². The van der Waals surface area contributed by atoms with Gasteiger partial charge in [0.2, 0.25) is 11.8 Å². The third-order valence-electron chi connectivity index (χ3n) is 10.5. The SMILES string of the molecule is CCn1nccc1C(=O)N[C@H](C(=O)Cc1ccc([C@H](C)[C@@H](NC(=O)[C@@H]2CCCO2)C(=O)N2CCN(C)CC2)cc1F)C1CCC(C)CC1. The fraction of sp³-hybridized carbons (Fsp3) is 0.639. The van der Waals surface area contributed by atoms with Crippen LogP contribution in [0.3, 0.4) is 0 Å². The van der Waals surface area contributed by atoms with E-state index in [1.165, 1.54) is 6.07 Å². The molecule has 3 aliphatic rings. The van der Waals surface area contributed by atoms with Crippen LogP contribution in [0.25, 0.3) is 0 Å². The zero-order valence-electron chi connectivity index (χ0n) is 28.8. The van der Waals surface area contributed by atoms with Crippen LogP contribution in [0.1, 0.15) is 86.8 Å². The summed E-state index contributed by atoms with van der Waals surface area (Å²) in [7, 11) is 2.00. The first-order chi connectivity index (χ1) is 23.0. The number of benzene rings is 1. The molecule has 2 aromatic rings. The van der Waals surface area contributed by atoms with Gasteiger partial charge in [0.15, 0.2) is 5.78 Å². The van der Waals surface area contributed by atoms with Crippen LogP contribution in [-0.2, 0) is 32.1 Å². The van der Waals surface area contributed by atoms with Crippen LogP contribution in [0.5, 0.6) is 0 Å². The molecule has 1 aromatic carbocycles. The maximum atomic E-state index is 15.8. The van der Waals surface area contributed by atoms with Gasteiger partial charge < -0.3 is 25.2 Å². The predicted octanol–water partition coefficient (Wildman–Crippen LogP) is 3.32. The molecular formula is C36H51FN6O5. The molecule has 1 saturated carbocycles. The second kappa shape index (κ2) is 16.2. The zero-order chi connectivity index (χ0) is 34.4. The van der Waals surface area contributed by atoms with E-state index in [1.54, 1.807) is 34.0 Å². The number of nitrogens with zero attached hydrogens (tertiary/aromatic N) is 4. The van der Waals surface area contributed by atoms with E-state index in [0.29, 0.717) is 49.8 Å². The Kier molecular flexibility index (Phi) is 12.0. The molecule has 5 rings (SSSR count). The van der Waals surface area contributed by atoms with Crippen LogP contribution in [0.15, 0.2) is 30.5 Å². The number of ether oxygens (including phenoxy) is 1. The van der Waals surface area contributed by atoms with Crippen LogP contribution >= 0.6 is 0 Å². The summed E-state index contributed by atoms with van der Waals surface area (Å²) in [5.74, 6) is -1.71. The second-order valence-electron chi connectivity index (χ2n) is 13.9. The number of Topliss-reactive ketones (excluding diaryl/α,β-unsaturated/α-hetero) is 1. The molecule has 2 N–H and O–H groups in total. The number of ketones is 1. The van der Waals surface area contributed by atoms with E-state index in [9.17, 15) is 19.2 Å². The van der Waals surface area contributed by atoms with E-state index in [1.807, 2.05) is 20.9 Å². The lowest BCUT2D eigenvalue weighted by molar-refractivity contribution is -0.140. The van der Waals surface area contributed by atoms with Crippen molar-refractivity contribution in [2.75, 3.05) is 39.8 Å². The van der Waals surface area contributed by atoms with Crippen LogP contribution in [0.4, 0.5) is 4.39 Å². The number of halogens is 1. The average molecular weight is 667 g/mol. The lowest BCUT2D eigenvalue weighted by atomic mass is 9.77. The van der Waals surface area contributed by atoms with E-state index < -0.39 is 29.9 Å². The average Bonchev–Trinajstić information content (AvgIpc) is 3.80. The number of aryl methyl sites for hydroxylation is 1. The number of likely N-dealkylation sites (N-methyl/N-ethyl adjacent to an activating group) is 1. The number of carbonyl (C=O) groups is 4. The zero-order valence-corrected chi connectivity index (χ0v) is 28.8. The number of nitrogens with one attached hydrogen (secondary N) is 2. The van der Waals surface area contributed by atoms with Gasteiger partial charge in [-0.1, -0.05) is 38.8 Å². The van der Waals surface area contributed by atoms with Gasteiger partial charge in [0, 0.05) is 57.9 Å². The molecule has 48 heavy (non-hydrogen) atoms. The fourth-order valence-electron chi connectivity index (χ4n) is 7.21. The molecule has 1 aliphatic carbocycles. The largest absolute Gasteiger partial charge is 0.368 e. The molecular weight excluding hydrogens is 615 g/mol. The number of piperazine rings is 1. The summed E-state index contributed by atoms with van der Waals surface area (Å²) in [5, 5.41) is 10.1. The highest BCUT2D eigenvalue weighted by Crippen LogP contribution is 2.32.